The fraction of sp³-hybridized carbons (Fsp3) is 0.238. The molecule has 3 aromatic rings. The molecule has 0 fully saturated rings. The van der Waals surface area contributed by atoms with Crippen molar-refractivity contribution in [2.24, 2.45) is 0 Å². The molecule has 2 aromatic carbocycles. The predicted molar refractivity (Wildman–Crippen MR) is 113 cm³/mol. The monoisotopic (exact) mass is 499 g/mol. The first kappa shape index (κ1) is 24.8. The number of ether oxygens (including phenoxy) is 1. The first-order chi connectivity index (χ1) is 15.8. The Labute approximate surface area is 194 Å². The van der Waals surface area contributed by atoms with E-state index >= 15 is 0 Å². The van der Waals surface area contributed by atoms with E-state index in [1.807, 2.05) is 0 Å². The lowest BCUT2D eigenvalue weighted by molar-refractivity contribution is -0.143. The SMILES string of the molecule is CC(C)(NC(=O)Oc1ccc(Cl)cc1Cn1nc(-c2ccc(C(F)(F)F)cc2)oc1=O)C(=O)O. The number of rotatable bonds is 6. The molecule has 13 heteroatoms. The van der Waals surface area contributed by atoms with Crippen LogP contribution in [0.15, 0.2) is 51.7 Å². The highest BCUT2D eigenvalue weighted by molar-refractivity contribution is 6.30. The van der Waals surface area contributed by atoms with E-state index in [0.717, 1.165) is 28.9 Å². The number of carboxylic acid groups (broad SMARTS) is 1. The molecule has 1 heterocycles. The summed E-state index contributed by atoms with van der Waals surface area (Å²) in [5.41, 5.74) is -2.11. The van der Waals surface area contributed by atoms with Crippen LogP contribution in [-0.4, -0.2) is 32.5 Å². The molecule has 1 amide bonds. The maximum absolute atomic E-state index is 12.8. The zero-order chi connectivity index (χ0) is 25.3. The molecule has 0 aliphatic rings. The second kappa shape index (κ2) is 9.21. The lowest BCUT2D eigenvalue weighted by Crippen LogP contribution is -2.50. The molecule has 0 spiro atoms. The first-order valence-corrected chi connectivity index (χ1v) is 9.91. The maximum Gasteiger partial charge on any atom is 0.437 e. The number of halogens is 4. The molecule has 0 aliphatic heterocycles. The highest BCUT2D eigenvalue weighted by Crippen LogP contribution is 2.30. The molecule has 0 atom stereocenters. The Morgan fingerprint density at radius 3 is 2.41 bits per heavy atom. The van der Waals surface area contributed by atoms with Gasteiger partial charge in [-0.15, -0.1) is 5.10 Å². The van der Waals surface area contributed by atoms with E-state index in [1.54, 1.807) is 0 Å². The minimum absolute atomic E-state index is 0.0333. The highest BCUT2D eigenvalue weighted by Gasteiger charge is 2.31. The second-order valence-corrected chi connectivity index (χ2v) is 8.04. The van der Waals surface area contributed by atoms with Crippen molar-refractivity contribution in [3.63, 3.8) is 0 Å². The van der Waals surface area contributed by atoms with E-state index in [4.69, 9.17) is 25.9 Å². The van der Waals surface area contributed by atoms with E-state index in [2.05, 4.69) is 10.4 Å². The smallest absolute Gasteiger partial charge is 0.437 e. The van der Waals surface area contributed by atoms with Crippen LogP contribution in [0.4, 0.5) is 18.0 Å². The number of benzene rings is 2. The number of carbonyl (C=O) groups excluding carboxylic acids is 1. The van der Waals surface area contributed by atoms with Crippen LogP contribution in [0.1, 0.15) is 25.0 Å². The summed E-state index contributed by atoms with van der Waals surface area (Å²) in [4.78, 5) is 35.6. The van der Waals surface area contributed by atoms with Crippen LogP contribution in [-0.2, 0) is 17.5 Å². The first-order valence-electron chi connectivity index (χ1n) is 9.53. The summed E-state index contributed by atoms with van der Waals surface area (Å²) < 4.78 is 49.3. The third-order valence-corrected chi connectivity index (χ3v) is 4.80. The molecule has 0 aliphatic carbocycles. The van der Waals surface area contributed by atoms with E-state index in [1.165, 1.54) is 32.0 Å². The minimum atomic E-state index is -4.52. The van der Waals surface area contributed by atoms with Gasteiger partial charge < -0.3 is 19.6 Å². The molecular formula is C21H17ClF3N3O6. The van der Waals surface area contributed by atoms with E-state index in [9.17, 15) is 27.6 Å². The molecule has 180 valence electrons. The van der Waals surface area contributed by atoms with Crippen LogP contribution in [0.2, 0.25) is 5.02 Å². The third kappa shape index (κ3) is 5.76. The number of carbonyl (C=O) groups is 2. The number of aromatic nitrogens is 2. The van der Waals surface area contributed by atoms with Crippen molar-refractivity contribution in [1.82, 2.24) is 15.1 Å². The summed E-state index contributed by atoms with van der Waals surface area (Å²) in [5.74, 6) is -2.46. The fourth-order valence-electron chi connectivity index (χ4n) is 2.69. The van der Waals surface area contributed by atoms with Crippen molar-refractivity contribution >= 4 is 23.7 Å². The molecule has 3 rings (SSSR count). The Morgan fingerprint density at radius 2 is 1.82 bits per heavy atom. The summed E-state index contributed by atoms with van der Waals surface area (Å²) in [5, 5.41) is 15.5. The van der Waals surface area contributed by atoms with E-state index in [0.29, 0.717) is 0 Å². The van der Waals surface area contributed by atoms with Gasteiger partial charge in [-0.2, -0.15) is 17.9 Å². The lowest BCUT2D eigenvalue weighted by Gasteiger charge is -2.21. The quantitative estimate of drug-likeness (QED) is 0.521. The van der Waals surface area contributed by atoms with E-state index < -0.39 is 35.1 Å². The molecule has 0 saturated heterocycles. The van der Waals surface area contributed by atoms with Crippen molar-refractivity contribution in [1.29, 1.82) is 0 Å². The van der Waals surface area contributed by atoms with Crippen molar-refractivity contribution in [3.8, 4) is 17.2 Å². The minimum Gasteiger partial charge on any atom is -0.480 e. The van der Waals surface area contributed by atoms with Gasteiger partial charge >= 0.3 is 24.0 Å². The molecular weight excluding hydrogens is 483 g/mol. The molecule has 0 bridgehead atoms. The fourth-order valence-corrected chi connectivity index (χ4v) is 2.89. The van der Waals surface area contributed by atoms with Gasteiger partial charge in [0.05, 0.1) is 12.1 Å². The largest absolute Gasteiger partial charge is 0.480 e. The van der Waals surface area contributed by atoms with Crippen LogP contribution in [0, 0.1) is 0 Å². The third-order valence-electron chi connectivity index (χ3n) is 4.56. The molecule has 2 N–H and O–H groups in total. The van der Waals surface area contributed by atoms with Gasteiger partial charge in [0.15, 0.2) is 0 Å². The number of nitrogens with zero attached hydrogens (tertiary/aromatic N) is 2. The van der Waals surface area contributed by atoms with Crippen LogP contribution in [0.3, 0.4) is 0 Å². The molecule has 0 unspecified atom stereocenters. The van der Waals surface area contributed by atoms with Gasteiger partial charge in [-0.1, -0.05) is 11.6 Å². The molecule has 34 heavy (non-hydrogen) atoms. The van der Waals surface area contributed by atoms with Crippen LogP contribution >= 0.6 is 11.6 Å². The van der Waals surface area contributed by atoms with Crippen LogP contribution in [0.5, 0.6) is 5.75 Å². The maximum atomic E-state index is 12.8. The van der Waals surface area contributed by atoms with Crippen molar-refractivity contribution in [2.45, 2.75) is 32.1 Å². The van der Waals surface area contributed by atoms with Crippen LogP contribution < -0.4 is 15.8 Å². The Hall–Kier alpha value is -3.80. The standard InChI is InChI=1S/C21H17ClF3N3O6/c1-20(2,17(29)30)26-18(31)33-15-8-7-14(22)9-12(15)10-28-19(32)34-16(27-28)11-3-5-13(6-4-11)21(23,24)25/h3-9H,10H2,1-2H3,(H,26,31)(H,29,30). The molecule has 1 aromatic heterocycles. The Balaban J connectivity index is 1.84. The van der Waals surface area contributed by atoms with Crippen molar-refractivity contribution < 1.29 is 37.0 Å². The Kier molecular flexibility index (Phi) is 6.73. The molecule has 0 saturated carbocycles. The number of amides is 1. The van der Waals surface area contributed by atoms with Gasteiger partial charge in [-0.25, -0.2) is 14.4 Å². The van der Waals surface area contributed by atoms with Crippen molar-refractivity contribution in [2.75, 3.05) is 0 Å². The zero-order valence-corrected chi connectivity index (χ0v) is 18.4. The summed E-state index contributed by atoms with van der Waals surface area (Å²) in [7, 11) is 0. The summed E-state index contributed by atoms with van der Waals surface area (Å²) in [6, 6.07) is 8.03. The highest BCUT2D eigenvalue weighted by atomic mass is 35.5. The number of hydrogen-bond acceptors (Lipinski definition) is 6. The number of carboxylic acids is 1. The number of aliphatic carboxylic acids is 1. The van der Waals surface area contributed by atoms with Crippen molar-refractivity contribution in [3.05, 3.63) is 69.2 Å². The summed E-state index contributed by atoms with van der Waals surface area (Å²) in [6.07, 6.45) is -5.58. The van der Waals surface area contributed by atoms with Gasteiger partial charge in [0, 0.05) is 16.1 Å². The lowest BCUT2D eigenvalue weighted by atomic mass is 10.1. The van der Waals surface area contributed by atoms with Crippen LogP contribution in [0.25, 0.3) is 11.5 Å². The Bertz CT molecular complexity index is 1280. The van der Waals surface area contributed by atoms with Gasteiger partial charge in [0.25, 0.3) is 0 Å². The average Bonchev–Trinajstić information content (AvgIpc) is 3.09. The van der Waals surface area contributed by atoms with Gasteiger partial charge in [-0.3, -0.25) is 0 Å². The van der Waals surface area contributed by atoms with Gasteiger partial charge in [0.1, 0.15) is 11.3 Å². The van der Waals surface area contributed by atoms with E-state index in [-0.39, 0.29) is 34.3 Å². The Morgan fingerprint density at radius 1 is 1.18 bits per heavy atom. The zero-order valence-electron chi connectivity index (χ0n) is 17.6. The van der Waals surface area contributed by atoms with Gasteiger partial charge in [0.2, 0.25) is 5.89 Å². The second-order valence-electron chi connectivity index (χ2n) is 7.60. The number of hydrogen-bond donors (Lipinski definition) is 2. The topological polar surface area (TPSA) is 124 Å². The number of nitrogens with one attached hydrogen (secondary N) is 1. The summed E-state index contributed by atoms with van der Waals surface area (Å²) in [6.45, 7) is 2.25. The predicted octanol–water partition coefficient (Wildman–Crippen LogP) is 4.18. The average molecular weight is 500 g/mol. The molecule has 9 nitrogen and oxygen atoms in total. The molecule has 0 radical (unpaired) electrons. The number of alkyl halides is 3. The summed E-state index contributed by atoms with van der Waals surface area (Å²) >= 11 is 6.00. The van der Waals surface area contributed by atoms with Gasteiger partial charge in [-0.05, 0) is 56.3 Å². The normalized spacial score (nSPS) is 11.8.